The van der Waals surface area contributed by atoms with Crippen LogP contribution in [0, 0.1) is 12.6 Å². The van der Waals surface area contributed by atoms with Gasteiger partial charge in [-0.05, 0) is 105 Å². The molecule has 324 valence electrons. The third-order valence-electron chi connectivity index (χ3n) is 13.1. The molecule has 5 nitrogen and oxygen atoms in total. The first kappa shape index (κ1) is 34.4. The number of benzene rings is 6. The fourth-order valence-corrected chi connectivity index (χ4v) is 9.70. The lowest BCUT2D eigenvalue weighted by molar-refractivity contribution is 0.186. The molecule has 11 rings (SSSR count). The molecular formula is C59H63N4O+. The first-order valence-corrected chi connectivity index (χ1v) is 22.5. The van der Waals surface area contributed by atoms with Crippen LogP contribution in [-0.2, 0) is 22.6 Å². The van der Waals surface area contributed by atoms with E-state index in [1.54, 1.807) is 0 Å². The molecule has 3 aliphatic heterocycles. The van der Waals surface area contributed by atoms with Gasteiger partial charge < -0.3 is 4.74 Å². The van der Waals surface area contributed by atoms with Crippen LogP contribution in [0.15, 0.2) is 146 Å². The molecule has 0 radical (unpaired) electrons. The lowest BCUT2D eigenvalue weighted by Crippen LogP contribution is -2.67. The molecule has 8 aromatic rings. The Morgan fingerprint density at radius 2 is 1.34 bits per heavy atom. The molecule has 5 heterocycles. The van der Waals surface area contributed by atoms with E-state index < -0.39 is 12.4 Å². The summed E-state index contributed by atoms with van der Waals surface area (Å²) in [5.41, 5.74) is 10.5. The van der Waals surface area contributed by atoms with Gasteiger partial charge in [0.15, 0.2) is 18.0 Å². The molecule has 0 amide bonds. The monoisotopic (exact) mass is 851 g/mol. The molecule has 0 unspecified atom stereocenters. The smallest absolute Gasteiger partial charge is 0.186 e. The summed E-state index contributed by atoms with van der Waals surface area (Å²) in [5, 5.41) is 1.72. The largest absolute Gasteiger partial charge is 0.457 e. The molecule has 64 heavy (non-hydrogen) atoms. The Morgan fingerprint density at radius 1 is 0.656 bits per heavy atom. The van der Waals surface area contributed by atoms with E-state index in [0.717, 1.165) is 61.5 Å². The van der Waals surface area contributed by atoms with Crippen molar-refractivity contribution in [3.63, 3.8) is 0 Å². The topological polar surface area (TPSA) is 27.1 Å². The maximum atomic E-state index is 9.52. The van der Waals surface area contributed by atoms with E-state index in [4.69, 9.17) is 16.6 Å². The average molecular weight is 851 g/mol. The van der Waals surface area contributed by atoms with Crippen LogP contribution in [0.1, 0.15) is 108 Å². The van der Waals surface area contributed by atoms with E-state index in [0.29, 0.717) is 32.7 Å². The third-order valence-corrected chi connectivity index (χ3v) is 13.1. The number of para-hydroxylation sites is 1. The van der Waals surface area contributed by atoms with Crippen LogP contribution in [0.25, 0.3) is 38.8 Å². The second kappa shape index (κ2) is 14.8. The summed E-state index contributed by atoms with van der Waals surface area (Å²) in [6.07, 6.45) is 0.244. The average Bonchev–Trinajstić information content (AvgIpc) is 3.90. The lowest BCUT2D eigenvalue weighted by atomic mass is 9.80. The zero-order valence-electron chi connectivity index (χ0n) is 46.0. The van der Waals surface area contributed by atoms with E-state index in [1.807, 2.05) is 86.8 Å². The summed E-state index contributed by atoms with van der Waals surface area (Å²) in [7, 11) is 0. The van der Waals surface area contributed by atoms with Crippen LogP contribution < -0.4 is 13.7 Å². The molecular weight excluding hydrogens is 781 g/mol. The lowest BCUT2D eigenvalue weighted by Gasteiger charge is -2.56. The predicted octanol–water partition coefficient (Wildman–Crippen LogP) is 16.1. The maximum absolute atomic E-state index is 9.52. The van der Waals surface area contributed by atoms with E-state index >= 15 is 0 Å². The van der Waals surface area contributed by atoms with Gasteiger partial charge in [0, 0.05) is 55.6 Å². The van der Waals surface area contributed by atoms with E-state index in [-0.39, 0.29) is 51.9 Å². The van der Waals surface area contributed by atoms with Gasteiger partial charge in [0.05, 0.1) is 24.6 Å². The first-order chi connectivity index (χ1) is 33.2. The second-order valence-corrected chi connectivity index (χ2v) is 21.2. The number of fused-ring (bicyclic) bond motifs is 3. The Kier molecular flexibility index (Phi) is 7.94. The number of hydrogen-bond donors (Lipinski definition) is 0. The van der Waals surface area contributed by atoms with Crippen LogP contribution in [0.5, 0.6) is 11.5 Å². The Hall–Kier alpha value is -6.01. The number of aromatic nitrogens is 2. The highest BCUT2D eigenvalue weighted by molar-refractivity contribution is 6.10. The normalized spacial score (nSPS) is 20.2. The molecule has 2 bridgehead atoms. The van der Waals surface area contributed by atoms with Gasteiger partial charge >= 0.3 is 0 Å². The van der Waals surface area contributed by atoms with Crippen molar-refractivity contribution in [2.75, 3.05) is 6.67 Å². The molecule has 6 aromatic carbocycles. The van der Waals surface area contributed by atoms with Crippen molar-refractivity contribution in [3.05, 3.63) is 175 Å². The molecule has 2 atom stereocenters. The fraction of sp³-hybridized carbons (Fsp3) is 0.288. The summed E-state index contributed by atoms with van der Waals surface area (Å²) in [6.45, 7) is 27.0. The molecule has 2 aromatic heterocycles. The van der Waals surface area contributed by atoms with Gasteiger partial charge in [0.1, 0.15) is 28.7 Å². The highest BCUT2D eigenvalue weighted by Crippen LogP contribution is 2.66. The maximum Gasteiger partial charge on any atom is 0.186 e. The van der Waals surface area contributed by atoms with E-state index in [1.165, 1.54) is 11.1 Å². The second-order valence-electron chi connectivity index (χ2n) is 21.2. The minimum Gasteiger partial charge on any atom is -0.457 e. The van der Waals surface area contributed by atoms with Crippen molar-refractivity contribution in [3.8, 4) is 28.4 Å². The minimum atomic E-state index is -1.58. The number of ether oxygens (including phenoxy) is 1. The van der Waals surface area contributed by atoms with Crippen molar-refractivity contribution in [1.82, 2.24) is 18.5 Å². The Morgan fingerprint density at radius 3 is 2.03 bits per heavy atom. The van der Waals surface area contributed by atoms with Crippen LogP contribution in [0.3, 0.4) is 0 Å². The minimum absolute atomic E-state index is 0.104. The van der Waals surface area contributed by atoms with Crippen LogP contribution in [0.2, 0.25) is 0 Å². The Labute approximate surface area is 390 Å². The van der Waals surface area contributed by atoms with Gasteiger partial charge in [0.25, 0.3) is 0 Å². The van der Waals surface area contributed by atoms with Crippen molar-refractivity contribution in [2.45, 2.75) is 98.8 Å². The summed E-state index contributed by atoms with van der Waals surface area (Å²) in [5.74, 6) is 1.73. The highest BCUT2D eigenvalue weighted by atomic mass is 16.5. The number of rotatable bonds is 8. The SMILES string of the molecule is [2H]c1c([2H])c([2H])c(-c2ccc3c(c2)c2ccc(Oc4cccc([N@@+]56[CH-][N@@+](c7cc(C(C)(C)C)cc(C(C)(C)C)c7)(C5)c5c(C([2H])([2H])C(C)C)cccc56)c4)cc2n3-c2cc(C(C)(C)C)ccn2)c([2H])c1[2H]. The molecule has 1 fully saturated rings. The van der Waals surface area contributed by atoms with Crippen LogP contribution in [0.4, 0.5) is 22.7 Å². The summed E-state index contributed by atoms with van der Waals surface area (Å²) in [6, 6.07) is 35.6. The summed E-state index contributed by atoms with van der Waals surface area (Å²) < 4.78 is 71.3. The summed E-state index contributed by atoms with van der Waals surface area (Å²) >= 11 is 0. The van der Waals surface area contributed by atoms with Gasteiger partial charge in [-0.1, -0.05) is 137 Å². The van der Waals surface area contributed by atoms with Gasteiger partial charge in [-0.3, -0.25) is 13.5 Å². The zero-order valence-corrected chi connectivity index (χ0v) is 39.0. The predicted molar refractivity (Wildman–Crippen MR) is 270 cm³/mol. The van der Waals surface area contributed by atoms with Crippen LogP contribution >= 0.6 is 0 Å². The molecule has 0 saturated carbocycles. The quantitative estimate of drug-likeness (QED) is 0.112. The molecule has 1 saturated heterocycles. The Bertz CT molecular complexity index is 3430. The number of quaternary nitrogens is 2. The number of hydrogen-bond acceptors (Lipinski definition) is 2. The van der Waals surface area contributed by atoms with E-state index in [9.17, 15) is 2.74 Å². The highest BCUT2D eigenvalue weighted by Gasteiger charge is 2.64. The standard InChI is InChI=1S/C59H63N4O/c1-39(2)29-42-19-15-22-54-56(42)63(47-32-44(58(6,7)8)31-45(33-47)59(9,10)11)37-62(54,38-63)46-20-16-21-48(35-46)64-49-24-25-50-51-30-41(40-17-13-12-14-18-40)23-26-52(51)61(53(50)36-49)55-34-43(27-28-60-55)57(3,4)5/h12-28,30-37,39H,29,38H2,1-11H3/q+1/t62-,63+/m1/s1/i12D,13D,14D,17D,18D,29D2. The molecule has 5 heteroatoms. The van der Waals surface area contributed by atoms with Crippen molar-refractivity contribution >= 4 is 44.6 Å². The van der Waals surface area contributed by atoms with Crippen LogP contribution in [-0.4, -0.2) is 16.2 Å². The zero-order chi connectivity index (χ0) is 51.1. The molecule has 0 spiro atoms. The van der Waals surface area contributed by atoms with Crippen molar-refractivity contribution in [2.24, 2.45) is 5.92 Å². The third kappa shape index (κ3) is 6.96. The number of pyridine rings is 1. The van der Waals surface area contributed by atoms with Gasteiger partial charge in [-0.25, -0.2) is 4.98 Å². The van der Waals surface area contributed by atoms with Gasteiger partial charge in [-0.15, -0.1) is 0 Å². The first-order valence-electron chi connectivity index (χ1n) is 26.0. The fourth-order valence-electron chi connectivity index (χ4n) is 9.70. The Balaban J connectivity index is 1.10. The molecule has 3 aliphatic rings. The van der Waals surface area contributed by atoms with Crippen molar-refractivity contribution in [1.29, 1.82) is 0 Å². The van der Waals surface area contributed by atoms with E-state index in [2.05, 4.69) is 116 Å². The number of nitrogens with zero attached hydrogens (tertiary/aromatic N) is 4. The van der Waals surface area contributed by atoms with Crippen molar-refractivity contribution < 1.29 is 14.3 Å². The van der Waals surface area contributed by atoms with Gasteiger partial charge in [0.2, 0.25) is 0 Å². The molecule has 0 aliphatic carbocycles. The molecule has 0 N–H and O–H groups in total. The summed E-state index contributed by atoms with van der Waals surface area (Å²) in [4.78, 5) is 4.89. The van der Waals surface area contributed by atoms with Gasteiger partial charge in [-0.2, -0.15) is 0 Å².